The van der Waals surface area contributed by atoms with Crippen LogP contribution < -0.4 is 27.4 Å². The van der Waals surface area contributed by atoms with Crippen molar-refractivity contribution in [2.45, 2.75) is 50.5 Å². The second-order valence-electron chi connectivity index (χ2n) is 5.83. The number of aliphatic hydroxyl groups is 1. The largest absolute Gasteiger partial charge is 0.480 e. The van der Waals surface area contributed by atoms with Crippen molar-refractivity contribution in [2.75, 3.05) is 5.75 Å². The summed E-state index contributed by atoms with van der Waals surface area (Å²) in [7, 11) is 0. The molecule has 4 amide bonds. The number of hydrogen-bond donors (Lipinski definition) is 8. The summed E-state index contributed by atoms with van der Waals surface area (Å²) in [6.45, 7) is 2.54. The molecule has 9 N–H and O–H groups in total. The molecule has 5 unspecified atom stereocenters. The average Bonchev–Trinajstić information content (AvgIpc) is 2.54. The maximum Gasteiger partial charge on any atom is 0.328 e. The standard InChI is InChI=1S/C14H25N5O7S/c1-5(15)11(22)18-8(4-27)13(24)17-7(3-9(16)21)12(23)19-10(6(2)20)14(25)26/h5-8,10,20,27H,3-4,15H2,1-2H3,(H2,16,21)(H,17,24)(H,18,22)(H,19,23)(H,25,26). The summed E-state index contributed by atoms with van der Waals surface area (Å²) < 4.78 is 0. The number of hydrogen-bond acceptors (Lipinski definition) is 8. The van der Waals surface area contributed by atoms with E-state index in [4.69, 9.17) is 16.6 Å². The second-order valence-corrected chi connectivity index (χ2v) is 6.19. The highest BCUT2D eigenvalue weighted by Crippen LogP contribution is 2.00. The van der Waals surface area contributed by atoms with Gasteiger partial charge in [-0.1, -0.05) is 0 Å². The van der Waals surface area contributed by atoms with E-state index in [0.717, 1.165) is 6.92 Å². The van der Waals surface area contributed by atoms with Crippen LogP contribution >= 0.6 is 12.6 Å². The summed E-state index contributed by atoms with van der Waals surface area (Å²) in [4.78, 5) is 58.4. The number of aliphatic hydroxyl groups excluding tert-OH is 1. The van der Waals surface area contributed by atoms with Gasteiger partial charge in [-0.05, 0) is 13.8 Å². The van der Waals surface area contributed by atoms with Crippen LogP contribution in [0, 0.1) is 0 Å². The van der Waals surface area contributed by atoms with Gasteiger partial charge in [0, 0.05) is 5.75 Å². The molecule has 12 nitrogen and oxygen atoms in total. The number of rotatable bonds is 11. The van der Waals surface area contributed by atoms with E-state index in [1.54, 1.807) is 0 Å². The third-order valence-corrected chi connectivity index (χ3v) is 3.68. The van der Waals surface area contributed by atoms with E-state index in [9.17, 15) is 29.1 Å². The van der Waals surface area contributed by atoms with Crippen molar-refractivity contribution in [3.8, 4) is 0 Å². The minimum atomic E-state index is -1.66. The monoisotopic (exact) mass is 407 g/mol. The molecule has 5 atom stereocenters. The first kappa shape index (κ1) is 24.6. The van der Waals surface area contributed by atoms with Gasteiger partial charge in [-0.2, -0.15) is 12.6 Å². The van der Waals surface area contributed by atoms with Crippen LogP contribution in [0.5, 0.6) is 0 Å². The number of carboxylic acid groups (broad SMARTS) is 1. The lowest BCUT2D eigenvalue weighted by atomic mass is 10.1. The average molecular weight is 407 g/mol. The highest BCUT2D eigenvalue weighted by molar-refractivity contribution is 7.80. The summed E-state index contributed by atoms with van der Waals surface area (Å²) in [6, 6.07) is -5.25. The van der Waals surface area contributed by atoms with Gasteiger partial charge in [0.05, 0.1) is 18.6 Å². The molecule has 0 radical (unpaired) electrons. The van der Waals surface area contributed by atoms with Crippen LogP contribution in [-0.2, 0) is 24.0 Å². The summed E-state index contributed by atoms with van der Waals surface area (Å²) in [5.74, 6) is -5.14. The highest BCUT2D eigenvalue weighted by atomic mass is 32.1. The van der Waals surface area contributed by atoms with Crippen LogP contribution in [0.3, 0.4) is 0 Å². The first-order chi connectivity index (χ1) is 12.4. The van der Waals surface area contributed by atoms with Crippen LogP contribution in [-0.4, -0.2) is 75.8 Å². The Morgan fingerprint density at radius 2 is 1.44 bits per heavy atom. The quantitative estimate of drug-likeness (QED) is 0.158. The van der Waals surface area contributed by atoms with E-state index in [2.05, 4.69) is 23.3 Å². The molecule has 0 saturated heterocycles. The number of nitrogens with one attached hydrogen (secondary N) is 3. The van der Waals surface area contributed by atoms with E-state index < -0.39 is 66.3 Å². The predicted molar refractivity (Wildman–Crippen MR) is 96.4 cm³/mol. The Kier molecular flexibility index (Phi) is 10.4. The summed E-state index contributed by atoms with van der Waals surface area (Å²) in [6.07, 6.45) is -2.07. The molecule has 13 heteroatoms. The molecule has 0 spiro atoms. The number of nitrogens with two attached hydrogens (primary N) is 2. The molecule has 0 bridgehead atoms. The zero-order chi connectivity index (χ0) is 21.3. The minimum Gasteiger partial charge on any atom is -0.480 e. The molecule has 0 aliphatic carbocycles. The maximum atomic E-state index is 12.3. The van der Waals surface area contributed by atoms with Gasteiger partial charge in [-0.3, -0.25) is 19.2 Å². The first-order valence-electron chi connectivity index (χ1n) is 7.87. The van der Waals surface area contributed by atoms with Crippen LogP contribution in [0.15, 0.2) is 0 Å². The SMILES string of the molecule is CC(N)C(=O)NC(CS)C(=O)NC(CC(N)=O)C(=O)NC(C(=O)O)C(C)O. The number of carboxylic acids is 1. The summed E-state index contributed by atoms with van der Waals surface area (Å²) in [5.41, 5.74) is 10.4. The van der Waals surface area contributed by atoms with Crippen molar-refractivity contribution < 1.29 is 34.2 Å². The zero-order valence-electron chi connectivity index (χ0n) is 14.8. The molecule has 0 aromatic rings. The van der Waals surface area contributed by atoms with Crippen molar-refractivity contribution in [3.05, 3.63) is 0 Å². The zero-order valence-corrected chi connectivity index (χ0v) is 15.7. The molecule has 0 aliphatic rings. The van der Waals surface area contributed by atoms with E-state index in [1.807, 2.05) is 5.32 Å². The predicted octanol–water partition coefficient (Wildman–Crippen LogP) is -3.94. The topological polar surface area (TPSA) is 214 Å². The number of primary amides is 1. The molecule has 0 fully saturated rings. The van der Waals surface area contributed by atoms with Crippen LogP contribution in [0.1, 0.15) is 20.3 Å². The maximum absolute atomic E-state index is 12.3. The second kappa shape index (κ2) is 11.4. The lowest BCUT2D eigenvalue weighted by Gasteiger charge is -2.24. The van der Waals surface area contributed by atoms with Crippen LogP contribution in [0.25, 0.3) is 0 Å². The fourth-order valence-electron chi connectivity index (χ4n) is 1.82. The number of aliphatic carboxylic acids is 1. The van der Waals surface area contributed by atoms with E-state index in [1.165, 1.54) is 6.92 Å². The molecule has 154 valence electrons. The fourth-order valence-corrected chi connectivity index (χ4v) is 2.08. The first-order valence-corrected chi connectivity index (χ1v) is 8.50. The Labute approximate surface area is 160 Å². The number of thiol groups is 1. The van der Waals surface area contributed by atoms with Gasteiger partial charge < -0.3 is 37.6 Å². The normalized spacial score (nSPS) is 16.2. The fraction of sp³-hybridized carbons (Fsp3) is 0.643. The third-order valence-electron chi connectivity index (χ3n) is 3.31. The van der Waals surface area contributed by atoms with Gasteiger partial charge in [-0.25, -0.2) is 4.79 Å². The Hall–Kier alpha value is -2.38. The lowest BCUT2D eigenvalue weighted by Crippen LogP contribution is -2.59. The number of amides is 4. The van der Waals surface area contributed by atoms with E-state index in [-0.39, 0.29) is 5.75 Å². The molecule has 0 rings (SSSR count). The Bertz CT molecular complexity index is 584. The molecule has 27 heavy (non-hydrogen) atoms. The van der Waals surface area contributed by atoms with Crippen molar-refractivity contribution >= 4 is 42.2 Å². The minimum absolute atomic E-state index is 0.138. The summed E-state index contributed by atoms with van der Waals surface area (Å²) in [5, 5.41) is 24.9. The van der Waals surface area contributed by atoms with E-state index in [0.29, 0.717) is 0 Å². The third kappa shape index (κ3) is 8.70. The molecule has 0 saturated carbocycles. The van der Waals surface area contributed by atoms with Gasteiger partial charge in [0.2, 0.25) is 23.6 Å². The van der Waals surface area contributed by atoms with Gasteiger partial charge in [0.1, 0.15) is 12.1 Å². The number of carbonyl (C=O) groups is 5. The molecule has 0 aromatic carbocycles. The van der Waals surface area contributed by atoms with Gasteiger partial charge in [0.25, 0.3) is 0 Å². The van der Waals surface area contributed by atoms with Crippen molar-refractivity contribution in [1.82, 2.24) is 16.0 Å². The number of carbonyl (C=O) groups excluding carboxylic acids is 4. The van der Waals surface area contributed by atoms with Crippen molar-refractivity contribution in [3.63, 3.8) is 0 Å². The molecule has 0 aliphatic heterocycles. The van der Waals surface area contributed by atoms with Crippen molar-refractivity contribution in [2.24, 2.45) is 11.5 Å². The lowest BCUT2D eigenvalue weighted by molar-refractivity contribution is -0.145. The van der Waals surface area contributed by atoms with Crippen LogP contribution in [0.4, 0.5) is 0 Å². The Morgan fingerprint density at radius 1 is 0.963 bits per heavy atom. The van der Waals surface area contributed by atoms with Gasteiger partial charge >= 0.3 is 5.97 Å². The van der Waals surface area contributed by atoms with Gasteiger partial charge in [-0.15, -0.1) is 0 Å². The Morgan fingerprint density at radius 3 is 1.81 bits per heavy atom. The van der Waals surface area contributed by atoms with Crippen LogP contribution in [0.2, 0.25) is 0 Å². The molecule has 0 heterocycles. The van der Waals surface area contributed by atoms with Gasteiger partial charge in [0.15, 0.2) is 6.04 Å². The highest BCUT2D eigenvalue weighted by Gasteiger charge is 2.32. The summed E-state index contributed by atoms with van der Waals surface area (Å²) >= 11 is 3.93. The smallest absolute Gasteiger partial charge is 0.328 e. The molecular weight excluding hydrogens is 382 g/mol. The Balaban J connectivity index is 5.25. The molecular formula is C14H25N5O7S. The van der Waals surface area contributed by atoms with E-state index >= 15 is 0 Å². The van der Waals surface area contributed by atoms with Crippen molar-refractivity contribution in [1.29, 1.82) is 0 Å². The molecule has 0 aromatic heterocycles.